The van der Waals surface area contributed by atoms with Crippen molar-refractivity contribution in [2.45, 2.75) is 31.5 Å². The summed E-state index contributed by atoms with van der Waals surface area (Å²) < 4.78 is 0. The van der Waals surface area contributed by atoms with Crippen LogP contribution in [-0.4, -0.2) is 22.5 Å². The van der Waals surface area contributed by atoms with Crippen molar-refractivity contribution in [3.63, 3.8) is 0 Å². The minimum absolute atomic E-state index is 0.301. The lowest BCUT2D eigenvalue weighted by Crippen LogP contribution is -2.35. The first kappa shape index (κ1) is 12.8. The lowest BCUT2D eigenvalue weighted by atomic mass is 10.1. The van der Waals surface area contributed by atoms with E-state index in [1.807, 2.05) is 12.4 Å². The van der Waals surface area contributed by atoms with E-state index >= 15 is 0 Å². The highest BCUT2D eigenvalue weighted by Crippen LogP contribution is 2.35. The summed E-state index contributed by atoms with van der Waals surface area (Å²) in [4.78, 5) is 6.65. The van der Waals surface area contributed by atoms with Crippen LogP contribution in [0, 0.1) is 0 Å². The molecule has 2 N–H and O–H groups in total. The Morgan fingerprint density at radius 3 is 2.68 bits per heavy atom. The predicted octanol–water partition coefficient (Wildman–Crippen LogP) is 2.81. The van der Waals surface area contributed by atoms with Crippen LogP contribution in [0.3, 0.4) is 0 Å². The molecule has 1 fully saturated rings. The van der Waals surface area contributed by atoms with E-state index in [0.717, 1.165) is 6.54 Å². The van der Waals surface area contributed by atoms with Gasteiger partial charge in [0.2, 0.25) is 0 Å². The smallest absolute Gasteiger partial charge is 0.0478 e. The summed E-state index contributed by atoms with van der Waals surface area (Å²) in [5.74, 6) is 0. The fraction of sp³-hybridized carbons (Fsp3) is 0.400. The second kappa shape index (κ2) is 5.82. The van der Waals surface area contributed by atoms with Crippen LogP contribution in [0.15, 0.2) is 41.4 Å². The van der Waals surface area contributed by atoms with Crippen molar-refractivity contribution in [2.24, 2.45) is 5.73 Å². The van der Waals surface area contributed by atoms with Gasteiger partial charge in [-0.2, -0.15) is 11.3 Å². The maximum Gasteiger partial charge on any atom is 0.0478 e. The van der Waals surface area contributed by atoms with Gasteiger partial charge in [0.25, 0.3) is 0 Å². The van der Waals surface area contributed by atoms with Crippen molar-refractivity contribution in [3.8, 4) is 0 Å². The van der Waals surface area contributed by atoms with E-state index in [0.29, 0.717) is 18.6 Å². The molecule has 3 nitrogen and oxygen atoms in total. The molecule has 1 saturated carbocycles. The van der Waals surface area contributed by atoms with Gasteiger partial charge in [-0.1, -0.05) is 0 Å². The lowest BCUT2D eigenvalue weighted by Gasteiger charge is -2.31. The summed E-state index contributed by atoms with van der Waals surface area (Å²) in [7, 11) is 0. The van der Waals surface area contributed by atoms with E-state index in [1.54, 1.807) is 11.3 Å². The predicted molar refractivity (Wildman–Crippen MR) is 78.9 cm³/mol. The van der Waals surface area contributed by atoms with E-state index in [2.05, 4.69) is 38.8 Å². The first-order chi connectivity index (χ1) is 9.38. The average molecular weight is 273 g/mol. The number of pyridine rings is 1. The van der Waals surface area contributed by atoms with Crippen molar-refractivity contribution in [1.82, 2.24) is 9.88 Å². The highest BCUT2D eigenvalue weighted by molar-refractivity contribution is 7.07. The largest absolute Gasteiger partial charge is 0.329 e. The first-order valence-electron chi connectivity index (χ1n) is 6.75. The van der Waals surface area contributed by atoms with Gasteiger partial charge in [0.15, 0.2) is 0 Å². The van der Waals surface area contributed by atoms with E-state index in [-0.39, 0.29) is 0 Å². The second-order valence-electron chi connectivity index (χ2n) is 5.07. The highest BCUT2D eigenvalue weighted by Gasteiger charge is 2.34. The van der Waals surface area contributed by atoms with Crippen LogP contribution in [0.5, 0.6) is 0 Å². The number of thiophene rings is 1. The van der Waals surface area contributed by atoms with Crippen LogP contribution >= 0.6 is 11.3 Å². The van der Waals surface area contributed by atoms with Crippen LogP contribution in [0.1, 0.15) is 30.0 Å². The number of aromatic nitrogens is 1. The maximum absolute atomic E-state index is 6.04. The Morgan fingerprint density at radius 2 is 2.11 bits per heavy atom. The fourth-order valence-corrected chi connectivity index (χ4v) is 3.20. The molecule has 1 unspecified atom stereocenters. The number of nitrogens with zero attached hydrogens (tertiary/aromatic N) is 2. The standard InChI is InChI=1S/C15H19N3S/c16-9-15(13-3-6-17-7-4-13)18(14-1-2-14)10-12-5-8-19-11-12/h3-8,11,14-15H,1-2,9-10,16H2. The van der Waals surface area contributed by atoms with E-state index in [9.17, 15) is 0 Å². The molecule has 1 aliphatic rings. The maximum atomic E-state index is 6.04. The zero-order chi connectivity index (χ0) is 13.1. The van der Waals surface area contributed by atoms with Crippen LogP contribution in [0.4, 0.5) is 0 Å². The van der Waals surface area contributed by atoms with Crippen molar-refractivity contribution in [2.75, 3.05) is 6.54 Å². The van der Waals surface area contributed by atoms with E-state index in [4.69, 9.17) is 5.73 Å². The Labute approximate surface area is 118 Å². The normalized spacial score (nSPS) is 16.7. The SMILES string of the molecule is NCC(c1ccncc1)N(Cc1ccsc1)C1CC1. The Hall–Kier alpha value is -1.23. The molecule has 2 heterocycles. The number of hydrogen-bond acceptors (Lipinski definition) is 4. The van der Waals surface area contributed by atoms with Crippen molar-refractivity contribution in [3.05, 3.63) is 52.5 Å². The molecular weight excluding hydrogens is 254 g/mol. The number of hydrogen-bond donors (Lipinski definition) is 1. The quantitative estimate of drug-likeness (QED) is 0.880. The van der Waals surface area contributed by atoms with Gasteiger partial charge in [0, 0.05) is 37.6 Å². The van der Waals surface area contributed by atoms with E-state index < -0.39 is 0 Å². The molecule has 19 heavy (non-hydrogen) atoms. The van der Waals surface area contributed by atoms with Gasteiger partial charge < -0.3 is 5.73 Å². The van der Waals surface area contributed by atoms with Crippen LogP contribution in [-0.2, 0) is 6.54 Å². The summed E-state index contributed by atoms with van der Waals surface area (Å²) in [5.41, 5.74) is 8.71. The monoisotopic (exact) mass is 273 g/mol. The minimum atomic E-state index is 0.301. The summed E-state index contributed by atoms with van der Waals surface area (Å²) in [5, 5.41) is 4.37. The summed E-state index contributed by atoms with van der Waals surface area (Å²) >= 11 is 1.76. The van der Waals surface area contributed by atoms with Gasteiger partial charge in [-0.05, 0) is 52.9 Å². The third-order valence-corrected chi connectivity index (χ3v) is 4.41. The molecule has 0 bridgehead atoms. The van der Waals surface area contributed by atoms with Gasteiger partial charge in [0.1, 0.15) is 0 Å². The molecule has 0 aromatic carbocycles. The molecule has 0 spiro atoms. The first-order valence-corrected chi connectivity index (χ1v) is 7.69. The molecule has 0 saturated heterocycles. The Morgan fingerprint density at radius 1 is 1.32 bits per heavy atom. The van der Waals surface area contributed by atoms with Crippen LogP contribution < -0.4 is 5.73 Å². The third kappa shape index (κ3) is 3.03. The van der Waals surface area contributed by atoms with Gasteiger partial charge >= 0.3 is 0 Å². The molecule has 2 aromatic heterocycles. The van der Waals surface area contributed by atoms with Crippen molar-refractivity contribution in [1.29, 1.82) is 0 Å². The lowest BCUT2D eigenvalue weighted by molar-refractivity contribution is 0.182. The zero-order valence-electron chi connectivity index (χ0n) is 10.9. The fourth-order valence-electron chi connectivity index (χ4n) is 2.54. The Kier molecular flexibility index (Phi) is 3.92. The molecule has 0 radical (unpaired) electrons. The molecular formula is C15H19N3S. The van der Waals surface area contributed by atoms with Gasteiger partial charge in [-0.25, -0.2) is 0 Å². The highest BCUT2D eigenvalue weighted by atomic mass is 32.1. The summed E-state index contributed by atoms with van der Waals surface area (Å²) in [6.07, 6.45) is 6.30. The van der Waals surface area contributed by atoms with Gasteiger partial charge in [0.05, 0.1) is 0 Å². The summed E-state index contributed by atoms with van der Waals surface area (Å²) in [6.45, 7) is 1.66. The van der Waals surface area contributed by atoms with Crippen molar-refractivity contribution < 1.29 is 0 Å². The molecule has 0 aliphatic heterocycles. The Balaban J connectivity index is 1.81. The third-order valence-electron chi connectivity index (χ3n) is 3.68. The number of rotatable bonds is 6. The minimum Gasteiger partial charge on any atom is -0.329 e. The second-order valence-corrected chi connectivity index (χ2v) is 5.85. The average Bonchev–Trinajstić information content (AvgIpc) is 3.17. The van der Waals surface area contributed by atoms with Crippen LogP contribution in [0.25, 0.3) is 0 Å². The zero-order valence-corrected chi connectivity index (χ0v) is 11.7. The van der Waals surface area contributed by atoms with Crippen molar-refractivity contribution >= 4 is 11.3 Å². The van der Waals surface area contributed by atoms with Crippen LogP contribution in [0.2, 0.25) is 0 Å². The Bertz CT molecular complexity index is 493. The number of nitrogens with two attached hydrogens (primary N) is 1. The molecule has 100 valence electrons. The van der Waals surface area contributed by atoms with Gasteiger partial charge in [-0.15, -0.1) is 0 Å². The molecule has 0 amide bonds. The molecule has 4 heteroatoms. The molecule has 3 rings (SSSR count). The summed E-state index contributed by atoms with van der Waals surface area (Å²) in [6, 6.07) is 7.37. The molecule has 2 aromatic rings. The van der Waals surface area contributed by atoms with Gasteiger partial charge in [-0.3, -0.25) is 9.88 Å². The topological polar surface area (TPSA) is 42.1 Å². The molecule has 1 aliphatic carbocycles. The molecule has 1 atom stereocenters. The van der Waals surface area contributed by atoms with E-state index in [1.165, 1.54) is 24.0 Å².